The number of anilines is 1. The molecule has 0 aliphatic carbocycles. The Morgan fingerprint density at radius 2 is 2.29 bits per heavy atom. The van der Waals surface area contributed by atoms with Gasteiger partial charge in [-0.1, -0.05) is 18.2 Å². The van der Waals surface area contributed by atoms with Crippen LogP contribution in [-0.4, -0.2) is 26.3 Å². The SMILES string of the molecule is Cc1nsc(NC(=O)C(N)Cc2c[nH]c3ccccc23)n1. The molecule has 2 aromatic heterocycles. The lowest BCUT2D eigenvalue weighted by molar-refractivity contribution is -0.117. The Balaban J connectivity index is 1.70. The van der Waals surface area contributed by atoms with E-state index >= 15 is 0 Å². The van der Waals surface area contributed by atoms with Crippen molar-refractivity contribution in [1.29, 1.82) is 0 Å². The lowest BCUT2D eigenvalue weighted by atomic mass is 10.1. The number of fused-ring (bicyclic) bond motifs is 1. The molecule has 1 unspecified atom stereocenters. The predicted octanol–water partition coefficient (Wildman–Crippen LogP) is 1.84. The molecule has 4 N–H and O–H groups in total. The second-order valence-electron chi connectivity index (χ2n) is 4.81. The summed E-state index contributed by atoms with van der Waals surface area (Å²) in [6.45, 7) is 1.78. The molecule has 0 radical (unpaired) electrons. The number of carbonyl (C=O) groups excluding carboxylic acids is 1. The number of hydrogen-bond donors (Lipinski definition) is 3. The molecular weight excluding hydrogens is 286 g/mol. The highest BCUT2D eigenvalue weighted by Gasteiger charge is 2.17. The maximum absolute atomic E-state index is 12.1. The molecule has 108 valence electrons. The highest BCUT2D eigenvalue weighted by molar-refractivity contribution is 7.09. The molecule has 1 amide bonds. The van der Waals surface area contributed by atoms with Crippen LogP contribution in [0.5, 0.6) is 0 Å². The van der Waals surface area contributed by atoms with Crippen molar-refractivity contribution < 1.29 is 4.79 Å². The Morgan fingerprint density at radius 3 is 3.05 bits per heavy atom. The van der Waals surface area contributed by atoms with Crippen LogP contribution in [0.3, 0.4) is 0 Å². The highest BCUT2D eigenvalue weighted by atomic mass is 32.1. The third-order valence-corrected chi connectivity index (χ3v) is 3.93. The second kappa shape index (κ2) is 5.63. The minimum Gasteiger partial charge on any atom is -0.361 e. The van der Waals surface area contributed by atoms with E-state index in [1.807, 2.05) is 30.5 Å². The first-order chi connectivity index (χ1) is 10.1. The molecule has 1 atom stereocenters. The molecule has 0 spiro atoms. The number of hydrogen-bond acceptors (Lipinski definition) is 5. The summed E-state index contributed by atoms with van der Waals surface area (Å²) in [5, 5.41) is 4.26. The summed E-state index contributed by atoms with van der Waals surface area (Å²) in [6, 6.07) is 7.31. The predicted molar refractivity (Wildman–Crippen MR) is 83.3 cm³/mol. The Labute approximate surface area is 125 Å². The number of nitrogens with zero attached hydrogens (tertiary/aromatic N) is 2. The maximum Gasteiger partial charge on any atom is 0.243 e. The van der Waals surface area contributed by atoms with Crippen LogP contribution in [0, 0.1) is 6.92 Å². The zero-order valence-corrected chi connectivity index (χ0v) is 12.3. The molecule has 0 aliphatic rings. The fourth-order valence-electron chi connectivity index (χ4n) is 2.18. The van der Waals surface area contributed by atoms with E-state index in [1.165, 1.54) is 0 Å². The Kier molecular flexibility index (Phi) is 3.68. The third kappa shape index (κ3) is 2.93. The van der Waals surface area contributed by atoms with E-state index in [1.54, 1.807) is 6.92 Å². The standard InChI is InChI=1S/C14H15N5OS/c1-8-17-14(21-19-8)18-13(20)11(15)6-9-7-16-12-5-3-2-4-10(9)12/h2-5,7,11,16H,6,15H2,1H3,(H,17,18,19,20). The molecule has 21 heavy (non-hydrogen) atoms. The summed E-state index contributed by atoms with van der Waals surface area (Å²) < 4.78 is 4.02. The molecule has 0 saturated carbocycles. The van der Waals surface area contributed by atoms with Gasteiger partial charge in [0.25, 0.3) is 0 Å². The van der Waals surface area contributed by atoms with E-state index in [-0.39, 0.29) is 5.91 Å². The van der Waals surface area contributed by atoms with Crippen LogP contribution in [0.25, 0.3) is 10.9 Å². The number of nitrogens with two attached hydrogens (primary N) is 1. The average Bonchev–Trinajstić information content (AvgIpc) is 3.06. The number of nitrogens with one attached hydrogen (secondary N) is 2. The summed E-state index contributed by atoms with van der Waals surface area (Å²) in [5.74, 6) is 0.386. The number of amides is 1. The molecule has 2 heterocycles. The largest absolute Gasteiger partial charge is 0.361 e. The molecular formula is C14H15N5OS. The van der Waals surface area contributed by atoms with Gasteiger partial charge in [0.15, 0.2) is 0 Å². The van der Waals surface area contributed by atoms with Gasteiger partial charge in [-0.05, 0) is 25.0 Å². The monoisotopic (exact) mass is 301 g/mol. The van der Waals surface area contributed by atoms with Gasteiger partial charge in [-0.3, -0.25) is 10.1 Å². The number of aryl methyl sites for hydroxylation is 1. The Morgan fingerprint density at radius 1 is 1.48 bits per heavy atom. The Bertz CT molecular complexity index is 778. The molecule has 0 saturated heterocycles. The van der Waals surface area contributed by atoms with Gasteiger partial charge in [0.05, 0.1) is 6.04 Å². The van der Waals surface area contributed by atoms with Crippen LogP contribution < -0.4 is 11.1 Å². The van der Waals surface area contributed by atoms with Crippen LogP contribution in [0.2, 0.25) is 0 Å². The quantitative estimate of drug-likeness (QED) is 0.685. The van der Waals surface area contributed by atoms with Gasteiger partial charge in [-0.2, -0.15) is 4.37 Å². The zero-order valence-electron chi connectivity index (χ0n) is 11.5. The van der Waals surface area contributed by atoms with Gasteiger partial charge in [0.1, 0.15) is 5.82 Å². The minimum atomic E-state index is -0.631. The zero-order chi connectivity index (χ0) is 14.8. The van der Waals surface area contributed by atoms with Crippen molar-refractivity contribution in [3.63, 3.8) is 0 Å². The molecule has 0 fully saturated rings. The molecule has 3 aromatic rings. The van der Waals surface area contributed by atoms with Crippen molar-refractivity contribution in [3.8, 4) is 0 Å². The van der Waals surface area contributed by atoms with E-state index in [2.05, 4.69) is 19.7 Å². The number of para-hydroxylation sites is 1. The van der Waals surface area contributed by atoms with Crippen molar-refractivity contribution in [1.82, 2.24) is 14.3 Å². The molecule has 0 aliphatic heterocycles. The van der Waals surface area contributed by atoms with Crippen molar-refractivity contribution in [2.24, 2.45) is 5.73 Å². The van der Waals surface area contributed by atoms with E-state index < -0.39 is 6.04 Å². The van der Waals surface area contributed by atoms with E-state index in [0.29, 0.717) is 17.4 Å². The van der Waals surface area contributed by atoms with Gasteiger partial charge >= 0.3 is 0 Å². The van der Waals surface area contributed by atoms with Gasteiger partial charge in [0, 0.05) is 28.6 Å². The minimum absolute atomic E-state index is 0.253. The molecule has 7 heteroatoms. The first-order valence-electron chi connectivity index (χ1n) is 6.55. The number of benzene rings is 1. The lowest BCUT2D eigenvalue weighted by Gasteiger charge is -2.09. The second-order valence-corrected chi connectivity index (χ2v) is 5.56. The van der Waals surface area contributed by atoms with E-state index in [0.717, 1.165) is 28.0 Å². The summed E-state index contributed by atoms with van der Waals surface area (Å²) >= 11 is 1.15. The molecule has 1 aromatic carbocycles. The Hall–Kier alpha value is -2.25. The number of H-pyrrole nitrogens is 1. The topological polar surface area (TPSA) is 96.7 Å². The number of carbonyl (C=O) groups is 1. The fourth-order valence-corrected chi connectivity index (χ4v) is 2.75. The summed E-state index contributed by atoms with van der Waals surface area (Å²) in [5.41, 5.74) is 8.06. The van der Waals surface area contributed by atoms with Gasteiger partial charge in [-0.25, -0.2) is 4.98 Å². The summed E-state index contributed by atoms with van der Waals surface area (Å²) in [4.78, 5) is 19.3. The van der Waals surface area contributed by atoms with Crippen LogP contribution in [0.4, 0.5) is 5.13 Å². The smallest absolute Gasteiger partial charge is 0.243 e. The fraction of sp³-hybridized carbons (Fsp3) is 0.214. The molecule has 0 bridgehead atoms. The van der Waals surface area contributed by atoms with Crippen LogP contribution >= 0.6 is 11.5 Å². The van der Waals surface area contributed by atoms with Gasteiger partial charge in [0.2, 0.25) is 11.0 Å². The normalized spacial score (nSPS) is 12.5. The highest BCUT2D eigenvalue weighted by Crippen LogP contribution is 2.19. The van der Waals surface area contributed by atoms with Crippen molar-refractivity contribution in [3.05, 3.63) is 41.9 Å². The number of aromatic nitrogens is 3. The lowest BCUT2D eigenvalue weighted by Crippen LogP contribution is -2.37. The summed E-state index contributed by atoms with van der Waals surface area (Å²) in [6.07, 6.45) is 2.36. The number of aromatic amines is 1. The van der Waals surface area contributed by atoms with E-state index in [9.17, 15) is 4.79 Å². The van der Waals surface area contributed by atoms with Gasteiger partial charge < -0.3 is 10.7 Å². The van der Waals surface area contributed by atoms with Crippen molar-refractivity contribution in [2.75, 3.05) is 5.32 Å². The van der Waals surface area contributed by atoms with E-state index in [4.69, 9.17) is 5.73 Å². The van der Waals surface area contributed by atoms with Crippen molar-refractivity contribution in [2.45, 2.75) is 19.4 Å². The number of rotatable bonds is 4. The average molecular weight is 301 g/mol. The first kappa shape index (κ1) is 13.7. The third-order valence-electron chi connectivity index (χ3n) is 3.21. The first-order valence-corrected chi connectivity index (χ1v) is 7.32. The van der Waals surface area contributed by atoms with Gasteiger partial charge in [-0.15, -0.1) is 0 Å². The van der Waals surface area contributed by atoms with Crippen LogP contribution in [0.1, 0.15) is 11.4 Å². The summed E-state index contributed by atoms with van der Waals surface area (Å²) in [7, 11) is 0. The maximum atomic E-state index is 12.1. The van der Waals surface area contributed by atoms with Crippen molar-refractivity contribution >= 4 is 33.5 Å². The van der Waals surface area contributed by atoms with Crippen LogP contribution in [0.15, 0.2) is 30.5 Å². The van der Waals surface area contributed by atoms with Crippen LogP contribution in [-0.2, 0) is 11.2 Å². The molecule has 6 nitrogen and oxygen atoms in total. The molecule has 3 rings (SSSR count).